The third-order valence-electron chi connectivity index (χ3n) is 4.65. The summed E-state index contributed by atoms with van der Waals surface area (Å²) in [6, 6.07) is 13.5. The molecule has 7 nitrogen and oxygen atoms in total. The van der Waals surface area contributed by atoms with Gasteiger partial charge in [-0.05, 0) is 48.5 Å². The molecule has 2 aromatic carbocycles. The first-order chi connectivity index (χ1) is 14.8. The molecule has 1 fully saturated rings. The summed E-state index contributed by atoms with van der Waals surface area (Å²) in [5, 5.41) is 3.12. The smallest absolute Gasteiger partial charge is 0.259 e. The van der Waals surface area contributed by atoms with Gasteiger partial charge in [-0.1, -0.05) is 11.6 Å². The minimum absolute atomic E-state index is 0.218. The fourth-order valence-electron chi connectivity index (χ4n) is 3.14. The van der Waals surface area contributed by atoms with Gasteiger partial charge in [0.1, 0.15) is 5.82 Å². The van der Waals surface area contributed by atoms with Crippen LogP contribution in [0, 0.1) is 5.82 Å². The molecule has 0 spiro atoms. The Morgan fingerprint density at radius 3 is 2.61 bits per heavy atom. The molecule has 0 atom stereocenters. The van der Waals surface area contributed by atoms with Crippen LogP contribution in [0.15, 0.2) is 60.8 Å². The number of carbonyl (C=O) groups is 1. The number of anilines is 2. The predicted octanol–water partition coefficient (Wildman–Crippen LogP) is 3.92. The average molecular weight is 462 g/mol. The molecule has 10 heteroatoms. The third-order valence-corrected chi connectivity index (χ3v) is 6.51. The SMILES string of the molecule is O=C(Nc1ccc(Cl)c(-c2cc(F)ccn2)c1)c1ccc(N2CCOCS2(=O)=O)cc1. The summed E-state index contributed by atoms with van der Waals surface area (Å²) >= 11 is 6.21. The summed E-state index contributed by atoms with van der Waals surface area (Å²) in [6.45, 7) is 0.524. The van der Waals surface area contributed by atoms with Crippen LogP contribution in [0.25, 0.3) is 11.3 Å². The zero-order valence-corrected chi connectivity index (χ0v) is 17.7. The molecule has 3 aromatic rings. The lowest BCUT2D eigenvalue weighted by Crippen LogP contribution is -2.41. The van der Waals surface area contributed by atoms with Gasteiger partial charge in [0, 0.05) is 29.1 Å². The van der Waals surface area contributed by atoms with Gasteiger partial charge in [0.15, 0.2) is 5.94 Å². The van der Waals surface area contributed by atoms with Crippen LogP contribution >= 0.6 is 11.6 Å². The highest BCUT2D eigenvalue weighted by Gasteiger charge is 2.26. The summed E-state index contributed by atoms with van der Waals surface area (Å²) in [4.78, 5) is 16.8. The highest BCUT2D eigenvalue weighted by molar-refractivity contribution is 7.92. The number of ether oxygens (including phenoxy) is 1. The Morgan fingerprint density at radius 1 is 1.13 bits per heavy atom. The fourth-order valence-corrected chi connectivity index (χ4v) is 4.60. The zero-order chi connectivity index (χ0) is 22.0. The monoisotopic (exact) mass is 461 g/mol. The van der Waals surface area contributed by atoms with Gasteiger partial charge in [0.25, 0.3) is 15.9 Å². The van der Waals surface area contributed by atoms with Crippen molar-refractivity contribution in [3.63, 3.8) is 0 Å². The van der Waals surface area contributed by atoms with E-state index in [2.05, 4.69) is 10.3 Å². The second kappa shape index (κ2) is 8.62. The number of hydrogen-bond donors (Lipinski definition) is 1. The molecule has 0 saturated carbocycles. The van der Waals surface area contributed by atoms with Gasteiger partial charge in [-0.3, -0.25) is 14.1 Å². The van der Waals surface area contributed by atoms with E-state index >= 15 is 0 Å². The molecule has 1 N–H and O–H groups in total. The summed E-state index contributed by atoms with van der Waals surface area (Å²) in [7, 11) is -3.53. The van der Waals surface area contributed by atoms with E-state index in [4.69, 9.17) is 16.3 Å². The number of nitrogens with one attached hydrogen (secondary N) is 1. The van der Waals surface area contributed by atoms with Crippen LogP contribution in [-0.4, -0.2) is 38.4 Å². The summed E-state index contributed by atoms with van der Waals surface area (Å²) in [5.41, 5.74) is 2.08. The number of nitrogens with zero attached hydrogens (tertiary/aromatic N) is 2. The van der Waals surface area contributed by atoms with Gasteiger partial charge in [-0.25, -0.2) is 12.8 Å². The molecule has 0 aliphatic carbocycles. The molecule has 1 aliphatic heterocycles. The van der Waals surface area contributed by atoms with E-state index < -0.39 is 21.7 Å². The highest BCUT2D eigenvalue weighted by atomic mass is 35.5. The van der Waals surface area contributed by atoms with Crippen molar-refractivity contribution in [2.45, 2.75) is 0 Å². The first kappa shape index (κ1) is 21.2. The molecule has 160 valence electrons. The maximum atomic E-state index is 13.5. The molecule has 0 radical (unpaired) electrons. The molecule has 0 unspecified atom stereocenters. The van der Waals surface area contributed by atoms with Crippen LogP contribution in [0.1, 0.15) is 10.4 Å². The predicted molar refractivity (Wildman–Crippen MR) is 116 cm³/mol. The number of hydrogen-bond acceptors (Lipinski definition) is 5. The van der Waals surface area contributed by atoms with Crippen LogP contribution in [0.3, 0.4) is 0 Å². The zero-order valence-electron chi connectivity index (χ0n) is 16.1. The molecule has 2 heterocycles. The molecule has 0 bridgehead atoms. The number of aromatic nitrogens is 1. The van der Waals surface area contributed by atoms with Crippen molar-refractivity contribution in [1.82, 2.24) is 4.98 Å². The highest BCUT2D eigenvalue weighted by Crippen LogP contribution is 2.30. The van der Waals surface area contributed by atoms with E-state index in [0.29, 0.717) is 39.8 Å². The number of sulfonamides is 1. The van der Waals surface area contributed by atoms with Crippen molar-refractivity contribution in [3.05, 3.63) is 77.2 Å². The van der Waals surface area contributed by atoms with Gasteiger partial charge in [-0.15, -0.1) is 0 Å². The number of pyridine rings is 1. The van der Waals surface area contributed by atoms with Crippen molar-refractivity contribution in [1.29, 1.82) is 0 Å². The minimum Gasteiger partial charge on any atom is -0.362 e. The maximum Gasteiger partial charge on any atom is 0.259 e. The molecular weight excluding hydrogens is 445 g/mol. The van der Waals surface area contributed by atoms with E-state index in [1.807, 2.05) is 0 Å². The largest absolute Gasteiger partial charge is 0.362 e. The van der Waals surface area contributed by atoms with Crippen molar-refractivity contribution in [3.8, 4) is 11.3 Å². The molecule has 1 aliphatic rings. The minimum atomic E-state index is -3.53. The van der Waals surface area contributed by atoms with E-state index in [1.165, 1.54) is 22.6 Å². The topological polar surface area (TPSA) is 88.6 Å². The molecule has 1 aromatic heterocycles. The van der Waals surface area contributed by atoms with Crippen molar-refractivity contribution >= 4 is 38.9 Å². The number of amides is 1. The lowest BCUT2D eigenvalue weighted by Gasteiger charge is -2.28. The van der Waals surface area contributed by atoms with Crippen molar-refractivity contribution in [2.75, 3.05) is 28.7 Å². The third kappa shape index (κ3) is 4.68. The van der Waals surface area contributed by atoms with Gasteiger partial charge >= 0.3 is 0 Å². The number of rotatable bonds is 4. The van der Waals surface area contributed by atoms with E-state index in [9.17, 15) is 17.6 Å². The van der Waals surface area contributed by atoms with Crippen LogP contribution in [0.2, 0.25) is 5.02 Å². The van der Waals surface area contributed by atoms with Gasteiger partial charge < -0.3 is 10.1 Å². The van der Waals surface area contributed by atoms with Gasteiger partial charge in [0.2, 0.25) is 0 Å². The lowest BCUT2D eigenvalue weighted by molar-refractivity contribution is 0.102. The van der Waals surface area contributed by atoms with E-state index in [0.717, 1.165) is 0 Å². The summed E-state index contributed by atoms with van der Waals surface area (Å²) in [5.74, 6) is -1.20. The Labute approximate surface area is 183 Å². The molecule has 31 heavy (non-hydrogen) atoms. The Morgan fingerprint density at radius 2 is 1.90 bits per heavy atom. The average Bonchev–Trinajstić information content (AvgIpc) is 2.75. The van der Waals surface area contributed by atoms with Gasteiger partial charge in [-0.2, -0.15) is 0 Å². The van der Waals surface area contributed by atoms with Crippen LogP contribution in [-0.2, 0) is 14.8 Å². The molecule has 1 amide bonds. The molecule has 1 saturated heterocycles. The first-order valence-electron chi connectivity index (χ1n) is 9.24. The lowest BCUT2D eigenvalue weighted by atomic mass is 10.1. The normalized spacial score (nSPS) is 15.5. The van der Waals surface area contributed by atoms with Gasteiger partial charge in [0.05, 0.1) is 29.6 Å². The van der Waals surface area contributed by atoms with Crippen molar-refractivity contribution < 1.29 is 22.3 Å². The number of halogens is 2. The second-order valence-electron chi connectivity index (χ2n) is 6.77. The second-order valence-corrected chi connectivity index (χ2v) is 9.01. The molecule has 4 rings (SSSR count). The van der Waals surface area contributed by atoms with Crippen LogP contribution in [0.5, 0.6) is 0 Å². The number of carbonyl (C=O) groups excluding carboxylic acids is 1. The van der Waals surface area contributed by atoms with E-state index in [-0.39, 0.29) is 12.5 Å². The Hall–Kier alpha value is -3.01. The summed E-state index contributed by atoms with van der Waals surface area (Å²) in [6.07, 6.45) is 1.34. The fraction of sp³-hybridized carbons (Fsp3) is 0.143. The Kier molecular flexibility index (Phi) is 5.90. The number of benzene rings is 2. The standard InChI is InChI=1S/C21H17ClFN3O4S/c22-19-6-3-16(12-18(19)20-11-15(23)7-8-24-20)25-21(27)14-1-4-17(5-2-14)26-9-10-30-13-31(26,28)29/h1-8,11-12H,9-10,13H2,(H,25,27). The quantitative estimate of drug-likeness (QED) is 0.636. The molecular formula is C21H17ClFN3O4S. The van der Waals surface area contributed by atoms with Crippen molar-refractivity contribution in [2.24, 2.45) is 0 Å². The Balaban J connectivity index is 1.53. The van der Waals surface area contributed by atoms with E-state index in [1.54, 1.807) is 42.5 Å². The summed E-state index contributed by atoms with van der Waals surface area (Å²) < 4.78 is 44.0. The first-order valence-corrected chi connectivity index (χ1v) is 11.2. The Bertz CT molecular complexity index is 1240. The maximum absolute atomic E-state index is 13.5. The van der Waals surface area contributed by atoms with Crippen LogP contribution < -0.4 is 9.62 Å². The van der Waals surface area contributed by atoms with Crippen LogP contribution in [0.4, 0.5) is 15.8 Å².